The lowest BCUT2D eigenvalue weighted by Gasteiger charge is -2.24. The SMILES string of the molecule is CCc1cc(C(=O)N(C)C2CCSC2)cc(NC)n1. The molecule has 1 aliphatic heterocycles. The van der Waals surface area contributed by atoms with Crippen LogP contribution in [0.2, 0.25) is 0 Å². The number of hydrogen-bond acceptors (Lipinski definition) is 4. The summed E-state index contributed by atoms with van der Waals surface area (Å²) in [6.45, 7) is 2.05. The highest BCUT2D eigenvalue weighted by Crippen LogP contribution is 2.23. The fraction of sp³-hybridized carbons (Fsp3) is 0.571. The van der Waals surface area contributed by atoms with Crippen LogP contribution in [0.4, 0.5) is 5.82 Å². The van der Waals surface area contributed by atoms with Crippen LogP contribution in [-0.2, 0) is 6.42 Å². The Morgan fingerprint density at radius 2 is 2.37 bits per heavy atom. The maximum absolute atomic E-state index is 12.5. The summed E-state index contributed by atoms with van der Waals surface area (Å²) in [6.07, 6.45) is 1.93. The topological polar surface area (TPSA) is 45.2 Å². The van der Waals surface area contributed by atoms with Gasteiger partial charge in [0.25, 0.3) is 5.91 Å². The Hall–Kier alpha value is -1.23. The van der Waals surface area contributed by atoms with E-state index in [0.29, 0.717) is 6.04 Å². The normalized spacial score (nSPS) is 18.4. The van der Waals surface area contributed by atoms with Crippen LogP contribution in [0.3, 0.4) is 0 Å². The van der Waals surface area contributed by atoms with Crippen molar-refractivity contribution in [2.45, 2.75) is 25.8 Å². The van der Waals surface area contributed by atoms with Gasteiger partial charge in [-0.05, 0) is 30.7 Å². The van der Waals surface area contributed by atoms with Crippen LogP contribution in [0.1, 0.15) is 29.4 Å². The number of pyridine rings is 1. The number of hydrogen-bond donors (Lipinski definition) is 1. The van der Waals surface area contributed by atoms with E-state index in [1.54, 1.807) is 0 Å². The molecular weight excluding hydrogens is 258 g/mol. The molecule has 1 unspecified atom stereocenters. The minimum absolute atomic E-state index is 0.0982. The highest BCUT2D eigenvalue weighted by molar-refractivity contribution is 7.99. The molecule has 0 radical (unpaired) electrons. The van der Waals surface area contributed by atoms with Crippen molar-refractivity contribution in [3.8, 4) is 0 Å². The van der Waals surface area contributed by atoms with E-state index in [0.717, 1.165) is 41.4 Å². The zero-order valence-electron chi connectivity index (χ0n) is 11.8. The number of aromatic nitrogens is 1. The van der Waals surface area contributed by atoms with Gasteiger partial charge in [0.15, 0.2) is 0 Å². The summed E-state index contributed by atoms with van der Waals surface area (Å²) in [5.74, 6) is 3.06. The van der Waals surface area contributed by atoms with Gasteiger partial charge in [0, 0.05) is 37.1 Å². The van der Waals surface area contributed by atoms with Gasteiger partial charge in [0.1, 0.15) is 5.82 Å². The van der Waals surface area contributed by atoms with Gasteiger partial charge >= 0.3 is 0 Å². The Labute approximate surface area is 119 Å². The standard InChI is InChI=1S/C14H21N3OS/c1-4-11-7-10(8-13(15-2)16-11)14(18)17(3)12-5-6-19-9-12/h7-8,12H,4-6,9H2,1-3H3,(H,15,16). The molecular formula is C14H21N3OS. The molecule has 1 fully saturated rings. The molecule has 0 aliphatic carbocycles. The summed E-state index contributed by atoms with van der Waals surface area (Å²) in [6, 6.07) is 4.11. The smallest absolute Gasteiger partial charge is 0.254 e. The van der Waals surface area contributed by atoms with Crippen molar-refractivity contribution in [1.29, 1.82) is 0 Å². The van der Waals surface area contributed by atoms with Crippen molar-refractivity contribution in [3.63, 3.8) is 0 Å². The van der Waals surface area contributed by atoms with Gasteiger partial charge in [0.2, 0.25) is 0 Å². The zero-order valence-corrected chi connectivity index (χ0v) is 12.6. The van der Waals surface area contributed by atoms with Gasteiger partial charge in [0.05, 0.1) is 0 Å². The van der Waals surface area contributed by atoms with Gasteiger partial charge < -0.3 is 10.2 Å². The van der Waals surface area contributed by atoms with Gasteiger partial charge in [-0.25, -0.2) is 4.98 Å². The molecule has 104 valence electrons. The number of carbonyl (C=O) groups is 1. The third-order valence-electron chi connectivity index (χ3n) is 3.52. The third kappa shape index (κ3) is 3.21. The minimum Gasteiger partial charge on any atom is -0.373 e. The Morgan fingerprint density at radius 3 is 2.95 bits per heavy atom. The van der Waals surface area contributed by atoms with E-state index < -0.39 is 0 Å². The van der Waals surface area contributed by atoms with Crippen molar-refractivity contribution in [1.82, 2.24) is 9.88 Å². The molecule has 1 aromatic heterocycles. The van der Waals surface area contributed by atoms with Gasteiger partial charge in [-0.3, -0.25) is 4.79 Å². The molecule has 1 saturated heterocycles. The highest BCUT2D eigenvalue weighted by atomic mass is 32.2. The summed E-state index contributed by atoms with van der Waals surface area (Å²) < 4.78 is 0. The third-order valence-corrected chi connectivity index (χ3v) is 4.66. The van der Waals surface area contributed by atoms with Crippen molar-refractivity contribution in [3.05, 3.63) is 23.4 Å². The van der Waals surface area contributed by atoms with Crippen LogP contribution in [-0.4, -0.2) is 47.4 Å². The fourth-order valence-corrected chi connectivity index (χ4v) is 3.49. The minimum atomic E-state index is 0.0982. The zero-order chi connectivity index (χ0) is 13.8. The molecule has 2 rings (SSSR count). The molecule has 1 aliphatic rings. The molecule has 0 bridgehead atoms. The molecule has 1 atom stereocenters. The molecule has 0 aromatic carbocycles. The van der Waals surface area contributed by atoms with Crippen LogP contribution < -0.4 is 5.32 Å². The Balaban J connectivity index is 2.21. The van der Waals surface area contributed by atoms with Crippen LogP contribution in [0.25, 0.3) is 0 Å². The number of carbonyl (C=O) groups excluding carboxylic acids is 1. The quantitative estimate of drug-likeness (QED) is 0.918. The van der Waals surface area contributed by atoms with E-state index in [1.165, 1.54) is 0 Å². The van der Waals surface area contributed by atoms with E-state index in [2.05, 4.69) is 10.3 Å². The summed E-state index contributed by atoms with van der Waals surface area (Å²) in [7, 11) is 3.73. The number of anilines is 1. The van der Waals surface area contributed by atoms with E-state index >= 15 is 0 Å². The lowest BCUT2D eigenvalue weighted by atomic mass is 10.1. The largest absolute Gasteiger partial charge is 0.373 e. The lowest BCUT2D eigenvalue weighted by molar-refractivity contribution is 0.0747. The average Bonchev–Trinajstić information content (AvgIpc) is 2.99. The van der Waals surface area contributed by atoms with Gasteiger partial charge in [-0.15, -0.1) is 0 Å². The maximum atomic E-state index is 12.5. The second-order valence-corrected chi connectivity index (χ2v) is 5.92. The average molecular weight is 279 g/mol. The number of thioether (sulfide) groups is 1. The Kier molecular flexibility index (Phi) is 4.69. The van der Waals surface area contributed by atoms with Crippen molar-refractivity contribution < 1.29 is 4.79 Å². The van der Waals surface area contributed by atoms with E-state index in [9.17, 15) is 4.79 Å². The van der Waals surface area contributed by atoms with Crippen LogP contribution in [0.5, 0.6) is 0 Å². The van der Waals surface area contributed by atoms with E-state index in [1.807, 2.05) is 49.8 Å². The Bertz CT molecular complexity index is 436. The highest BCUT2D eigenvalue weighted by Gasteiger charge is 2.25. The van der Waals surface area contributed by atoms with Crippen molar-refractivity contribution in [2.75, 3.05) is 30.9 Å². The van der Waals surface area contributed by atoms with Crippen molar-refractivity contribution in [2.24, 2.45) is 0 Å². The number of nitrogens with zero attached hydrogens (tertiary/aromatic N) is 2. The second-order valence-electron chi connectivity index (χ2n) is 4.77. The molecule has 0 saturated carbocycles. The summed E-state index contributed by atoms with van der Waals surface area (Å²) in [4.78, 5) is 18.8. The molecule has 1 aromatic rings. The summed E-state index contributed by atoms with van der Waals surface area (Å²) >= 11 is 1.92. The van der Waals surface area contributed by atoms with Gasteiger partial charge in [-0.1, -0.05) is 6.92 Å². The van der Waals surface area contributed by atoms with E-state index in [4.69, 9.17) is 0 Å². The first-order chi connectivity index (χ1) is 9.15. The molecule has 1 N–H and O–H groups in total. The molecule has 0 spiro atoms. The first-order valence-electron chi connectivity index (χ1n) is 6.69. The predicted molar refractivity (Wildman–Crippen MR) is 81.0 cm³/mol. The molecule has 5 heteroatoms. The van der Waals surface area contributed by atoms with Crippen LogP contribution in [0, 0.1) is 0 Å². The molecule has 19 heavy (non-hydrogen) atoms. The maximum Gasteiger partial charge on any atom is 0.254 e. The fourth-order valence-electron chi connectivity index (χ4n) is 2.22. The summed E-state index contributed by atoms with van der Waals surface area (Å²) in [5, 5.41) is 3.02. The second kappa shape index (κ2) is 6.28. The van der Waals surface area contributed by atoms with Crippen LogP contribution in [0.15, 0.2) is 12.1 Å². The Morgan fingerprint density at radius 1 is 1.58 bits per heavy atom. The van der Waals surface area contributed by atoms with Crippen molar-refractivity contribution >= 4 is 23.5 Å². The first-order valence-corrected chi connectivity index (χ1v) is 7.84. The monoisotopic (exact) mass is 279 g/mol. The molecule has 4 nitrogen and oxygen atoms in total. The first kappa shape index (κ1) is 14.2. The number of aryl methyl sites for hydroxylation is 1. The number of nitrogens with one attached hydrogen (secondary N) is 1. The van der Waals surface area contributed by atoms with Gasteiger partial charge in [-0.2, -0.15) is 11.8 Å². The molecule has 1 amide bonds. The van der Waals surface area contributed by atoms with E-state index in [-0.39, 0.29) is 5.91 Å². The number of amides is 1. The van der Waals surface area contributed by atoms with Crippen LogP contribution >= 0.6 is 11.8 Å². The predicted octanol–water partition coefficient (Wildman–Crippen LogP) is 2.26. The molecule has 2 heterocycles. The lowest BCUT2D eigenvalue weighted by Crippen LogP contribution is -2.37. The summed E-state index contributed by atoms with van der Waals surface area (Å²) in [5.41, 5.74) is 1.68. The number of rotatable bonds is 4.